The third-order valence-corrected chi connectivity index (χ3v) is 5.07. The highest BCUT2D eigenvalue weighted by atomic mass is 32.2. The van der Waals surface area contributed by atoms with Gasteiger partial charge in [-0.05, 0) is 49.2 Å². The van der Waals surface area contributed by atoms with Gasteiger partial charge in [0.2, 0.25) is 5.91 Å². The van der Waals surface area contributed by atoms with Crippen LogP contribution >= 0.6 is 11.8 Å². The van der Waals surface area contributed by atoms with Crippen LogP contribution in [0.4, 0.5) is 0 Å². The van der Waals surface area contributed by atoms with Gasteiger partial charge in [0, 0.05) is 11.7 Å². The molecular formula is C19H19N3O2S. The first kappa shape index (κ1) is 16.0. The number of amides is 1. The fourth-order valence-electron chi connectivity index (χ4n) is 2.71. The van der Waals surface area contributed by atoms with E-state index >= 15 is 0 Å². The highest BCUT2D eigenvalue weighted by Crippen LogP contribution is 2.29. The fraction of sp³-hybridized carbons (Fsp3) is 0.263. The molecule has 2 aromatic carbocycles. The summed E-state index contributed by atoms with van der Waals surface area (Å²) >= 11 is 1.46. The molecule has 1 saturated carbocycles. The van der Waals surface area contributed by atoms with Crippen molar-refractivity contribution in [2.24, 2.45) is 0 Å². The van der Waals surface area contributed by atoms with Crippen molar-refractivity contribution in [3.05, 3.63) is 48.5 Å². The van der Waals surface area contributed by atoms with Gasteiger partial charge in [0.15, 0.2) is 5.16 Å². The Morgan fingerprint density at radius 3 is 2.72 bits per heavy atom. The lowest BCUT2D eigenvalue weighted by molar-refractivity contribution is -0.118. The van der Waals surface area contributed by atoms with E-state index in [4.69, 9.17) is 9.72 Å². The Balaban J connectivity index is 1.65. The molecule has 0 unspecified atom stereocenters. The number of imidazole rings is 1. The van der Waals surface area contributed by atoms with Crippen molar-refractivity contribution in [1.82, 2.24) is 14.9 Å². The molecule has 25 heavy (non-hydrogen) atoms. The second kappa shape index (κ2) is 6.80. The van der Waals surface area contributed by atoms with Crippen molar-refractivity contribution < 1.29 is 9.53 Å². The summed E-state index contributed by atoms with van der Waals surface area (Å²) in [7, 11) is 1.65. The van der Waals surface area contributed by atoms with E-state index in [9.17, 15) is 4.79 Å². The molecule has 1 N–H and O–H groups in total. The van der Waals surface area contributed by atoms with Crippen molar-refractivity contribution in [3.8, 4) is 11.4 Å². The highest BCUT2D eigenvalue weighted by molar-refractivity contribution is 7.99. The van der Waals surface area contributed by atoms with Crippen LogP contribution in [0.2, 0.25) is 0 Å². The van der Waals surface area contributed by atoms with Crippen LogP contribution in [0.25, 0.3) is 16.7 Å². The zero-order valence-corrected chi connectivity index (χ0v) is 14.8. The number of aromatic nitrogens is 2. The summed E-state index contributed by atoms with van der Waals surface area (Å²) in [5.41, 5.74) is 2.95. The van der Waals surface area contributed by atoms with E-state index < -0.39 is 0 Å². The summed E-state index contributed by atoms with van der Waals surface area (Å²) in [6.07, 6.45) is 2.20. The van der Waals surface area contributed by atoms with E-state index in [0.717, 1.165) is 40.5 Å². The largest absolute Gasteiger partial charge is 0.497 e. The van der Waals surface area contributed by atoms with Crippen LogP contribution in [-0.2, 0) is 4.79 Å². The minimum absolute atomic E-state index is 0.0702. The van der Waals surface area contributed by atoms with Crippen LogP contribution in [0.15, 0.2) is 53.7 Å². The minimum Gasteiger partial charge on any atom is -0.497 e. The molecule has 3 aromatic rings. The third kappa shape index (κ3) is 3.49. The highest BCUT2D eigenvalue weighted by Gasteiger charge is 2.23. The zero-order valence-electron chi connectivity index (χ0n) is 13.9. The first-order chi connectivity index (χ1) is 12.2. The number of hydrogen-bond acceptors (Lipinski definition) is 4. The molecule has 5 nitrogen and oxygen atoms in total. The van der Waals surface area contributed by atoms with Gasteiger partial charge in [0.25, 0.3) is 0 Å². The summed E-state index contributed by atoms with van der Waals surface area (Å²) in [5, 5.41) is 3.84. The van der Waals surface area contributed by atoms with Gasteiger partial charge >= 0.3 is 0 Å². The first-order valence-electron chi connectivity index (χ1n) is 8.28. The van der Waals surface area contributed by atoms with Crippen molar-refractivity contribution in [2.75, 3.05) is 12.9 Å². The second-order valence-electron chi connectivity index (χ2n) is 6.05. The van der Waals surface area contributed by atoms with Crippen LogP contribution in [0.5, 0.6) is 5.75 Å². The predicted molar refractivity (Wildman–Crippen MR) is 99.5 cm³/mol. The smallest absolute Gasteiger partial charge is 0.230 e. The fourth-order valence-corrected chi connectivity index (χ4v) is 3.55. The number of methoxy groups -OCH3 is 1. The molecule has 0 atom stereocenters. The number of nitrogens with one attached hydrogen (secondary N) is 1. The number of hydrogen-bond donors (Lipinski definition) is 1. The van der Waals surface area contributed by atoms with E-state index in [1.165, 1.54) is 11.8 Å². The standard InChI is InChI=1S/C19H19N3O2S/c1-24-15-10-8-14(9-11-15)22-17-5-3-2-4-16(17)21-19(22)25-12-18(23)20-13-6-7-13/h2-5,8-11,13H,6-7,12H2,1H3,(H,20,23). The molecule has 0 saturated heterocycles. The van der Waals surface area contributed by atoms with Gasteiger partial charge in [-0.3, -0.25) is 9.36 Å². The predicted octanol–water partition coefficient (Wildman–Crippen LogP) is 3.40. The number of carbonyl (C=O) groups excluding carboxylic acids is 1. The minimum atomic E-state index is 0.0702. The van der Waals surface area contributed by atoms with Crippen molar-refractivity contribution in [1.29, 1.82) is 0 Å². The van der Waals surface area contributed by atoms with Crippen LogP contribution in [0.1, 0.15) is 12.8 Å². The summed E-state index contributed by atoms with van der Waals surface area (Å²) < 4.78 is 7.33. The van der Waals surface area contributed by atoms with Crippen LogP contribution in [0, 0.1) is 0 Å². The normalized spacial score (nSPS) is 13.8. The Morgan fingerprint density at radius 1 is 1.24 bits per heavy atom. The van der Waals surface area contributed by atoms with Gasteiger partial charge < -0.3 is 10.1 Å². The number of benzene rings is 2. The zero-order chi connectivity index (χ0) is 17.2. The number of nitrogens with zero attached hydrogens (tertiary/aromatic N) is 2. The number of ether oxygens (including phenoxy) is 1. The SMILES string of the molecule is COc1ccc(-n2c(SCC(=O)NC3CC3)nc3ccccc32)cc1. The van der Waals surface area contributed by atoms with Crippen molar-refractivity contribution >= 4 is 28.7 Å². The van der Waals surface area contributed by atoms with Gasteiger partial charge in [-0.1, -0.05) is 23.9 Å². The Morgan fingerprint density at radius 2 is 2.00 bits per heavy atom. The molecule has 1 aliphatic carbocycles. The van der Waals surface area contributed by atoms with Crippen molar-refractivity contribution in [3.63, 3.8) is 0 Å². The van der Waals surface area contributed by atoms with Gasteiger partial charge in [-0.25, -0.2) is 4.98 Å². The molecular weight excluding hydrogens is 334 g/mol. The Hall–Kier alpha value is -2.47. The number of thioether (sulfide) groups is 1. The van der Waals surface area contributed by atoms with E-state index in [0.29, 0.717) is 11.8 Å². The number of fused-ring (bicyclic) bond motifs is 1. The summed E-state index contributed by atoms with van der Waals surface area (Å²) in [6.45, 7) is 0. The molecule has 0 spiro atoms. The first-order valence-corrected chi connectivity index (χ1v) is 9.27. The lowest BCUT2D eigenvalue weighted by Gasteiger charge is -2.10. The second-order valence-corrected chi connectivity index (χ2v) is 6.99. The molecule has 1 aliphatic rings. The summed E-state index contributed by atoms with van der Waals surface area (Å²) in [4.78, 5) is 16.7. The van der Waals surface area contributed by atoms with Gasteiger partial charge in [-0.15, -0.1) is 0 Å². The van der Waals surface area contributed by atoms with Crippen LogP contribution in [0.3, 0.4) is 0 Å². The molecule has 0 bridgehead atoms. The van der Waals surface area contributed by atoms with Crippen LogP contribution < -0.4 is 10.1 Å². The monoisotopic (exact) mass is 353 g/mol. The van der Waals surface area contributed by atoms with E-state index in [2.05, 4.69) is 9.88 Å². The average molecular weight is 353 g/mol. The Bertz CT molecular complexity index is 901. The van der Waals surface area contributed by atoms with E-state index in [1.54, 1.807) is 7.11 Å². The molecule has 1 aromatic heterocycles. The Labute approximate surface area is 150 Å². The molecule has 0 radical (unpaired) electrons. The maximum Gasteiger partial charge on any atom is 0.230 e. The molecule has 6 heteroatoms. The number of rotatable bonds is 6. The number of para-hydroxylation sites is 2. The molecule has 1 heterocycles. The lowest BCUT2D eigenvalue weighted by atomic mass is 10.2. The molecule has 1 amide bonds. The Kier molecular flexibility index (Phi) is 4.36. The quantitative estimate of drug-likeness (QED) is 0.690. The maximum absolute atomic E-state index is 12.0. The van der Waals surface area contributed by atoms with E-state index in [-0.39, 0.29) is 5.91 Å². The lowest BCUT2D eigenvalue weighted by Crippen LogP contribution is -2.27. The van der Waals surface area contributed by atoms with Gasteiger partial charge in [-0.2, -0.15) is 0 Å². The molecule has 1 fully saturated rings. The van der Waals surface area contributed by atoms with Crippen LogP contribution in [-0.4, -0.2) is 34.4 Å². The summed E-state index contributed by atoms with van der Waals surface area (Å²) in [6, 6.07) is 16.2. The van der Waals surface area contributed by atoms with Gasteiger partial charge in [0.05, 0.1) is 23.9 Å². The summed E-state index contributed by atoms with van der Waals surface area (Å²) in [5.74, 6) is 1.25. The van der Waals surface area contributed by atoms with Gasteiger partial charge in [0.1, 0.15) is 5.75 Å². The molecule has 4 rings (SSSR count). The van der Waals surface area contributed by atoms with E-state index in [1.807, 2.05) is 48.5 Å². The molecule has 128 valence electrons. The van der Waals surface area contributed by atoms with Crippen molar-refractivity contribution in [2.45, 2.75) is 24.0 Å². The maximum atomic E-state index is 12.0. The number of carbonyl (C=O) groups is 1. The average Bonchev–Trinajstić information content (AvgIpc) is 3.37. The molecule has 0 aliphatic heterocycles. The topological polar surface area (TPSA) is 56.1 Å². The third-order valence-electron chi connectivity index (χ3n) is 4.14.